The lowest BCUT2D eigenvalue weighted by Gasteiger charge is -2.32. The van der Waals surface area contributed by atoms with Gasteiger partial charge in [-0.2, -0.15) is 0 Å². The lowest BCUT2D eigenvalue weighted by atomic mass is 9.95. The van der Waals surface area contributed by atoms with E-state index in [1.165, 1.54) is 0 Å². The number of halogens is 3. The van der Waals surface area contributed by atoms with Crippen LogP contribution >= 0.6 is 0 Å². The van der Waals surface area contributed by atoms with Gasteiger partial charge in [0.25, 0.3) is 0 Å². The molecule has 0 amide bonds. The Kier molecular flexibility index (Phi) is 5.51. The Morgan fingerprint density at radius 2 is 2.12 bits per heavy atom. The Morgan fingerprint density at radius 3 is 2.75 bits per heavy atom. The molecule has 0 saturated carbocycles. The zero-order chi connectivity index (χ0) is 12.0. The molecule has 6 heteroatoms. The van der Waals surface area contributed by atoms with Crippen molar-refractivity contribution in [3.05, 3.63) is 0 Å². The standard InChI is InChI=1S/C10H18F3NO2/c11-10(12,13)16-7-5-14-4-1-2-9(8-14)3-6-15/h9,15H,1-8H2. The van der Waals surface area contributed by atoms with E-state index in [-0.39, 0.29) is 13.2 Å². The Labute approximate surface area is 93.2 Å². The SMILES string of the molecule is OCCC1CCCN(CCOC(F)(F)F)C1. The van der Waals surface area contributed by atoms with Gasteiger partial charge in [-0.1, -0.05) is 0 Å². The van der Waals surface area contributed by atoms with Gasteiger partial charge in [0.1, 0.15) is 0 Å². The van der Waals surface area contributed by atoms with Crippen LogP contribution in [0.4, 0.5) is 13.2 Å². The van der Waals surface area contributed by atoms with Crippen LogP contribution in [0.5, 0.6) is 0 Å². The molecule has 0 spiro atoms. The number of rotatable bonds is 5. The topological polar surface area (TPSA) is 32.7 Å². The van der Waals surface area contributed by atoms with Crippen molar-refractivity contribution in [2.24, 2.45) is 5.92 Å². The number of aliphatic hydroxyl groups excluding tert-OH is 1. The number of hydrogen-bond donors (Lipinski definition) is 1. The summed E-state index contributed by atoms with van der Waals surface area (Å²) in [6.45, 7) is 1.74. The van der Waals surface area contributed by atoms with Gasteiger partial charge in [0, 0.05) is 19.7 Å². The zero-order valence-electron chi connectivity index (χ0n) is 9.17. The van der Waals surface area contributed by atoms with Gasteiger partial charge in [-0.05, 0) is 31.7 Å². The molecule has 0 aromatic rings. The molecule has 0 bridgehead atoms. The fraction of sp³-hybridized carbons (Fsp3) is 1.00. The minimum Gasteiger partial charge on any atom is -0.396 e. The lowest BCUT2D eigenvalue weighted by Crippen LogP contribution is -2.38. The molecule has 16 heavy (non-hydrogen) atoms. The highest BCUT2D eigenvalue weighted by Gasteiger charge is 2.29. The molecule has 0 radical (unpaired) electrons. The molecule has 1 aliphatic heterocycles. The second-order valence-electron chi connectivity index (χ2n) is 4.12. The summed E-state index contributed by atoms with van der Waals surface area (Å²) >= 11 is 0. The summed E-state index contributed by atoms with van der Waals surface area (Å²) in [6, 6.07) is 0. The largest absolute Gasteiger partial charge is 0.522 e. The van der Waals surface area contributed by atoms with Crippen LogP contribution in [0, 0.1) is 5.92 Å². The first-order chi connectivity index (χ1) is 7.51. The Morgan fingerprint density at radius 1 is 1.38 bits per heavy atom. The van der Waals surface area contributed by atoms with Crippen molar-refractivity contribution in [2.75, 3.05) is 32.8 Å². The molecular weight excluding hydrogens is 223 g/mol. The van der Waals surface area contributed by atoms with E-state index in [2.05, 4.69) is 4.74 Å². The monoisotopic (exact) mass is 241 g/mol. The molecule has 96 valence electrons. The van der Waals surface area contributed by atoms with E-state index < -0.39 is 6.36 Å². The third-order valence-corrected chi connectivity index (χ3v) is 2.81. The smallest absolute Gasteiger partial charge is 0.396 e. The second kappa shape index (κ2) is 6.42. The fourth-order valence-corrected chi connectivity index (χ4v) is 2.06. The summed E-state index contributed by atoms with van der Waals surface area (Å²) in [7, 11) is 0. The second-order valence-corrected chi connectivity index (χ2v) is 4.12. The molecule has 1 unspecified atom stereocenters. The van der Waals surface area contributed by atoms with Gasteiger partial charge in [0.05, 0.1) is 6.61 Å². The molecule has 1 heterocycles. The highest BCUT2D eigenvalue weighted by atomic mass is 19.4. The van der Waals surface area contributed by atoms with E-state index >= 15 is 0 Å². The molecule has 1 saturated heterocycles. The van der Waals surface area contributed by atoms with Crippen molar-refractivity contribution < 1.29 is 23.0 Å². The first-order valence-corrected chi connectivity index (χ1v) is 5.55. The van der Waals surface area contributed by atoms with E-state index in [9.17, 15) is 13.2 Å². The highest BCUT2D eigenvalue weighted by Crippen LogP contribution is 2.20. The molecule has 1 N–H and O–H groups in total. The van der Waals surface area contributed by atoms with E-state index in [0.29, 0.717) is 12.5 Å². The molecule has 0 aliphatic carbocycles. The van der Waals surface area contributed by atoms with Gasteiger partial charge < -0.3 is 10.0 Å². The van der Waals surface area contributed by atoms with Crippen molar-refractivity contribution in [1.82, 2.24) is 4.90 Å². The lowest BCUT2D eigenvalue weighted by molar-refractivity contribution is -0.325. The van der Waals surface area contributed by atoms with Gasteiger partial charge in [-0.25, -0.2) is 0 Å². The summed E-state index contributed by atoms with van der Waals surface area (Å²) in [5.74, 6) is 0.407. The van der Waals surface area contributed by atoms with Gasteiger partial charge in [0.2, 0.25) is 0 Å². The summed E-state index contributed by atoms with van der Waals surface area (Å²) in [5, 5.41) is 8.80. The maximum absolute atomic E-state index is 11.7. The third kappa shape index (κ3) is 5.67. The van der Waals surface area contributed by atoms with Crippen LogP contribution in [0.2, 0.25) is 0 Å². The Hall–Kier alpha value is -0.330. The van der Waals surface area contributed by atoms with Crippen molar-refractivity contribution in [1.29, 1.82) is 0 Å². The minimum absolute atomic E-state index is 0.150. The molecule has 1 rings (SSSR count). The Balaban J connectivity index is 2.16. The number of alkyl halides is 3. The van der Waals surface area contributed by atoms with Crippen LogP contribution in [0.3, 0.4) is 0 Å². The molecular formula is C10H18F3NO2. The van der Waals surface area contributed by atoms with E-state index in [1.54, 1.807) is 0 Å². The van der Waals surface area contributed by atoms with Crippen LogP contribution in [-0.2, 0) is 4.74 Å². The first kappa shape index (κ1) is 13.7. The molecule has 3 nitrogen and oxygen atoms in total. The minimum atomic E-state index is -4.53. The quantitative estimate of drug-likeness (QED) is 0.794. The first-order valence-electron chi connectivity index (χ1n) is 5.55. The van der Waals surface area contributed by atoms with Gasteiger partial charge in [-0.3, -0.25) is 4.74 Å². The van der Waals surface area contributed by atoms with Crippen LogP contribution in [0.15, 0.2) is 0 Å². The molecule has 0 aromatic carbocycles. The number of likely N-dealkylation sites (tertiary alicyclic amines) is 1. The number of aliphatic hydroxyl groups is 1. The number of hydrogen-bond acceptors (Lipinski definition) is 3. The maximum atomic E-state index is 11.7. The average Bonchev–Trinajstić information content (AvgIpc) is 2.17. The number of piperidine rings is 1. The number of nitrogens with zero attached hydrogens (tertiary/aromatic N) is 1. The molecule has 1 atom stereocenters. The molecule has 1 fully saturated rings. The predicted octanol–water partition coefficient (Wildman–Crippen LogP) is 1.62. The van der Waals surface area contributed by atoms with Crippen molar-refractivity contribution >= 4 is 0 Å². The van der Waals surface area contributed by atoms with Gasteiger partial charge >= 0.3 is 6.36 Å². The summed E-state index contributed by atoms with van der Waals surface area (Å²) < 4.78 is 38.9. The van der Waals surface area contributed by atoms with Gasteiger partial charge in [0.15, 0.2) is 0 Å². The van der Waals surface area contributed by atoms with E-state index in [4.69, 9.17) is 5.11 Å². The predicted molar refractivity (Wildman–Crippen MR) is 52.9 cm³/mol. The van der Waals surface area contributed by atoms with Crippen LogP contribution in [0.25, 0.3) is 0 Å². The van der Waals surface area contributed by atoms with Crippen molar-refractivity contribution in [3.8, 4) is 0 Å². The third-order valence-electron chi connectivity index (χ3n) is 2.81. The maximum Gasteiger partial charge on any atom is 0.522 e. The average molecular weight is 241 g/mol. The zero-order valence-corrected chi connectivity index (χ0v) is 9.17. The van der Waals surface area contributed by atoms with Crippen LogP contribution in [-0.4, -0.2) is 49.2 Å². The summed E-state index contributed by atoms with van der Waals surface area (Å²) in [6.07, 6.45) is -1.76. The molecule has 0 aromatic heterocycles. The Bertz CT molecular complexity index is 197. The number of ether oxygens (including phenoxy) is 1. The van der Waals surface area contributed by atoms with Crippen molar-refractivity contribution in [2.45, 2.75) is 25.6 Å². The van der Waals surface area contributed by atoms with Crippen LogP contribution < -0.4 is 0 Å². The molecule has 1 aliphatic rings. The van der Waals surface area contributed by atoms with Gasteiger partial charge in [-0.15, -0.1) is 13.2 Å². The van der Waals surface area contributed by atoms with E-state index in [0.717, 1.165) is 32.4 Å². The summed E-state index contributed by atoms with van der Waals surface area (Å²) in [5.41, 5.74) is 0. The fourth-order valence-electron chi connectivity index (χ4n) is 2.06. The summed E-state index contributed by atoms with van der Waals surface area (Å²) in [4.78, 5) is 1.97. The normalized spacial score (nSPS) is 23.6. The van der Waals surface area contributed by atoms with E-state index in [1.807, 2.05) is 4.90 Å². The highest BCUT2D eigenvalue weighted by molar-refractivity contribution is 4.72. The van der Waals surface area contributed by atoms with Crippen LogP contribution in [0.1, 0.15) is 19.3 Å². The van der Waals surface area contributed by atoms with Crippen molar-refractivity contribution in [3.63, 3.8) is 0 Å².